The van der Waals surface area contributed by atoms with Crippen LogP contribution in [0.15, 0.2) is 6.08 Å². The van der Waals surface area contributed by atoms with E-state index >= 15 is 0 Å². The van der Waals surface area contributed by atoms with E-state index in [0.29, 0.717) is 13.2 Å². The molecule has 3 nitrogen and oxygen atoms in total. The molecule has 61 valence electrons. The van der Waals surface area contributed by atoms with E-state index in [4.69, 9.17) is 4.74 Å². The monoisotopic (exact) mass is 154 g/mol. The molecule has 1 radical (unpaired) electrons. The molecule has 0 spiro atoms. The van der Waals surface area contributed by atoms with Gasteiger partial charge in [0.05, 0.1) is 6.61 Å². The number of carbonyl (C=O) groups is 1. The standard InChI is InChI=1S/C8H12NO2/c1-2-11-8(10)9-6-4-3-5-7-9/h4H,2,5-7H2,1H3. The Labute approximate surface area is 66.6 Å². The third kappa shape index (κ3) is 2.26. The van der Waals surface area contributed by atoms with Crippen molar-refractivity contribution < 1.29 is 9.53 Å². The van der Waals surface area contributed by atoms with E-state index < -0.39 is 0 Å². The van der Waals surface area contributed by atoms with E-state index in [1.54, 1.807) is 4.90 Å². The molecule has 0 aromatic rings. The van der Waals surface area contributed by atoms with Crippen LogP contribution in [0.5, 0.6) is 0 Å². The van der Waals surface area contributed by atoms with Crippen molar-refractivity contribution in [1.29, 1.82) is 0 Å². The second kappa shape index (κ2) is 4.01. The van der Waals surface area contributed by atoms with E-state index in [1.165, 1.54) is 0 Å². The summed E-state index contributed by atoms with van der Waals surface area (Å²) in [6, 6.07) is 0. The zero-order valence-electron chi connectivity index (χ0n) is 6.67. The summed E-state index contributed by atoms with van der Waals surface area (Å²) in [4.78, 5) is 12.7. The normalized spacial score (nSPS) is 16.6. The van der Waals surface area contributed by atoms with Gasteiger partial charge in [0.1, 0.15) is 0 Å². The second-order valence-corrected chi connectivity index (χ2v) is 2.30. The average Bonchev–Trinajstić information content (AvgIpc) is 2.07. The first-order valence-electron chi connectivity index (χ1n) is 3.81. The molecule has 0 saturated carbocycles. The first-order valence-corrected chi connectivity index (χ1v) is 3.81. The van der Waals surface area contributed by atoms with E-state index in [0.717, 1.165) is 13.0 Å². The molecule has 3 heteroatoms. The van der Waals surface area contributed by atoms with Crippen molar-refractivity contribution in [2.75, 3.05) is 19.7 Å². The van der Waals surface area contributed by atoms with Crippen LogP contribution >= 0.6 is 0 Å². The number of hydrogen-bond donors (Lipinski definition) is 0. The summed E-state index contributed by atoms with van der Waals surface area (Å²) < 4.78 is 4.82. The minimum absolute atomic E-state index is 0.217. The number of hydrogen-bond acceptors (Lipinski definition) is 2. The molecular weight excluding hydrogens is 142 g/mol. The Morgan fingerprint density at radius 2 is 2.64 bits per heavy atom. The lowest BCUT2D eigenvalue weighted by molar-refractivity contribution is 0.110. The van der Waals surface area contributed by atoms with Gasteiger partial charge >= 0.3 is 6.09 Å². The largest absolute Gasteiger partial charge is 0.450 e. The molecule has 0 aromatic heterocycles. The van der Waals surface area contributed by atoms with E-state index in [1.807, 2.05) is 13.0 Å². The highest BCUT2D eigenvalue weighted by Gasteiger charge is 2.13. The van der Waals surface area contributed by atoms with Crippen molar-refractivity contribution in [3.8, 4) is 0 Å². The van der Waals surface area contributed by atoms with Gasteiger partial charge in [-0.15, -0.1) is 0 Å². The number of amides is 1. The molecule has 0 fully saturated rings. The molecule has 11 heavy (non-hydrogen) atoms. The fourth-order valence-electron chi connectivity index (χ4n) is 0.948. The summed E-state index contributed by atoms with van der Waals surface area (Å²) in [5.41, 5.74) is 0. The molecule has 0 aliphatic carbocycles. The molecule has 1 aliphatic heterocycles. The zero-order chi connectivity index (χ0) is 8.10. The Kier molecular flexibility index (Phi) is 2.95. The van der Waals surface area contributed by atoms with Crippen LogP contribution in [0.2, 0.25) is 0 Å². The zero-order valence-corrected chi connectivity index (χ0v) is 6.67. The van der Waals surface area contributed by atoms with Crippen LogP contribution < -0.4 is 0 Å². The molecule has 1 rings (SSSR count). The van der Waals surface area contributed by atoms with Crippen LogP contribution in [0.3, 0.4) is 0 Å². The Balaban J connectivity index is 2.34. The van der Waals surface area contributed by atoms with Gasteiger partial charge in [-0.1, -0.05) is 6.08 Å². The van der Waals surface area contributed by atoms with Gasteiger partial charge in [-0.25, -0.2) is 4.79 Å². The molecule has 1 aliphatic rings. The second-order valence-electron chi connectivity index (χ2n) is 2.30. The highest BCUT2D eigenvalue weighted by atomic mass is 16.6. The smallest absolute Gasteiger partial charge is 0.410 e. The molecule has 0 bridgehead atoms. The van der Waals surface area contributed by atoms with Crippen LogP contribution in [-0.2, 0) is 4.74 Å². The fraction of sp³-hybridized carbons (Fsp3) is 0.625. The Bertz CT molecular complexity index is 165. The average molecular weight is 154 g/mol. The minimum Gasteiger partial charge on any atom is -0.450 e. The van der Waals surface area contributed by atoms with Gasteiger partial charge in [-0.05, 0) is 19.4 Å². The molecule has 0 saturated heterocycles. The molecule has 0 atom stereocenters. The minimum atomic E-state index is -0.217. The summed E-state index contributed by atoms with van der Waals surface area (Å²) in [6.07, 6.45) is 5.50. The van der Waals surface area contributed by atoms with E-state index in [9.17, 15) is 4.79 Å². The lowest BCUT2D eigenvalue weighted by Crippen LogP contribution is -2.34. The summed E-state index contributed by atoms with van der Waals surface area (Å²) in [6.45, 7) is 3.63. The predicted octanol–water partition coefficient (Wildman–Crippen LogP) is 1.21. The van der Waals surface area contributed by atoms with Gasteiger partial charge in [-0.3, -0.25) is 0 Å². The van der Waals surface area contributed by atoms with Gasteiger partial charge in [0, 0.05) is 13.1 Å². The van der Waals surface area contributed by atoms with Crippen LogP contribution in [-0.4, -0.2) is 30.7 Å². The van der Waals surface area contributed by atoms with E-state index in [-0.39, 0.29) is 6.09 Å². The van der Waals surface area contributed by atoms with Crippen molar-refractivity contribution in [1.82, 2.24) is 4.90 Å². The SMILES string of the molecule is CCOC(=O)N1CC=[C]CC1. The van der Waals surface area contributed by atoms with Gasteiger partial charge in [-0.2, -0.15) is 0 Å². The number of ether oxygens (including phenoxy) is 1. The Morgan fingerprint density at radius 1 is 1.82 bits per heavy atom. The Morgan fingerprint density at radius 3 is 3.18 bits per heavy atom. The van der Waals surface area contributed by atoms with Gasteiger partial charge < -0.3 is 9.64 Å². The van der Waals surface area contributed by atoms with Crippen molar-refractivity contribution in [3.05, 3.63) is 12.2 Å². The van der Waals surface area contributed by atoms with Crippen LogP contribution in [0.25, 0.3) is 0 Å². The van der Waals surface area contributed by atoms with Crippen molar-refractivity contribution in [2.24, 2.45) is 0 Å². The van der Waals surface area contributed by atoms with Gasteiger partial charge in [0.25, 0.3) is 0 Å². The molecule has 1 amide bonds. The van der Waals surface area contributed by atoms with Crippen molar-refractivity contribution >= 4 is 6.09 Å². The molecular formula is C8H12NO2. The fourth-order valence-corrected chi connectivity index (χ4v) is 0.948. The van der Waals surface area contributed by atoms with Crippen LogP contribution in [0, 0.1) is 6.08 Å². The van der Waals surface area contributed by atoms with Crippen molar-refractivity contribution in [2.45, 2.75) is 13.3 Å². The first kappa shape index (κ1) is 8.11. The Hall–Kier alpha value is -0.990. The quantitative estimate of drug-likeness (QED) is 0.568. The molecule has 0 aromatic carbocycles. The van der Waals surface area contributed by atoms with Crippen molar-refractivity contribution in [3.63, 3.8) is 0 Å². The lowest BCUT2D eigenvalue weighted by atomic mass is 10.3. The molecule has 0 unspecified atom stereocenters. The van der Waals surface area contributed by atoms with Crippen LogP contribution in [0.1, 0.15) is 13.3 Å². The first-order chi connectivity index (χ1) is 5.34. The maximum absolute atomic E-state index is 11.1. The number of carbonyl (C=O) groups excluding carboxylic acids is 1. The number of rotatable bonds is 1. The predicted molar refractivity (Wildman–Crippen MR) is 41.0 cm³/mol. The lowest BCUT2D eigenvalue weighted by Gasteiger charge is -2.21. The van der Waals surface area contributed by atoms with E-state index in [2.05, 4.69) is 6.08 Å². The summed E-state index contributed by atoms with van der Waals surface area (Å²) >= 11 is 0. The third-order valence-corrected chi connectivity index (χ3v) is 1.51. The highest BCUT2D eigenvalue weighted by Crippen LogP contribution is 2.01. The summed E-state index contributed by atoms with van der Waals surface area (Å²) in [5.74, 6) is 0. The molecule has 1 heterocycles. The van der Waals surface area contributed by atoms with Crippen LogP contribution in [0.4, 0.5) is 4.79 Å². The topological polar surface area (TPSA) is 29.5 Å². The number of nitrogens with zero attached hydrogens (tertiary/aromatic N) is 1. The highest BCUT2D eigenvalue weighted by molar-refractivity contribution is 5.67. The molecule has 0 N–H and O–H groups in total. The summed E-state index contributed by atoms with van der Waals surface area (Å²) in [7, 11) is 0. The van der Waals surface area contributed by atoms with Gasteiger partial charge in [0.2, 0.25) is 0 Å². The summed E-state index contributed by atoms with van der Waals surface area (Å²) in [5, 5.41) is 0. The maximum Gasteiger partial charge on any atom is 0.410 e. The maximum atomic E-state index is 11.1. The third-order valence-electron chi connectivity index (χ3n) is 1.51. The van der Waals surface area contributed by atoms with Gasteiger partial charge in [0.15, 0.2) is 0 Å².